The third-order valence-corrected chi connectivity index (χ3v) is 4.31. The molecule has 2 N–H and O–H groups in total. The molecule has 0 radical (unpaired) electrons. The number of anilines is 1. The number of rotatable bonds is 4. The number of amides is 1. The largest absolute Gasteiger partial charge is 0.309 e. The molecule has 0 aliphatic carbocycles. The van der Waals surface area contributed by atoms with E-state index in [0.29, 0.717) is 11.5 Å². The zero-order valence-corrected chi connectivity index (χ0v) is 13.9. The number of hydrogen-bond acceptors (Lipinski definition) is 5. The van der Waals surface area contributed by atoms with E-state index in [1.54, 1.807) is 41.1 Å². The number of carbonyl (C=O) groups excluding carboxylic acids is 1. The molecule has 0 bridgehead atoms. The van der Waals surface area contributed by atoms with Crippen molar-refractivity contribution in [3.63, 3.8) is 0 Å². The Kier molecular flexibility index (Phi) is 4.02. The van der Waals surface area contributed by atoms with E-state index in [1.165, 1.54) is 0 Å². The molecule has 1 saturated heterocycles. The fourth-order valence-corrected chi connectivity index (χ4v) is 3.02. The van der Waals surface area contributed by atoms with Crippen molar-refractivity contribution in [2.24, 2.45) is 7.05 Å². The van der Waals surface area contributed by atoms with Crippen molar-refractivity contribution in [2.75, 3.05) is 11.9 Å². The number of nitrogens with zero attached hydrogens (tertiary/aromatic N) is 5. The van der Waals surface area contributed by atoms with Gasteiger partial charge in [-0.25, -0.2) is 4.68 Å². The molecule has 1 aliphatic heterocycles. The van der Waals surface area contributed by atoms with E-state index in [9.17, 15) is 4.79 Å². The number of aromatic nitrogens is 5. The summed E-state index contributed by atoms with van der Waals surface area (Å²) >= 11 is 0. The molecule has 1 fully saturated rings. The van der Waals surface area contributed by atoms with E-state index in [4.69, 9.17) is 0 Å². The fraction of sp³-hybridized carbons (Fsp3) is 0.294. The van der Waals surface area contributed by atoms with Crippen molar-refractivity contribution in [1.82, 2.24) is 29.9 Å². The molecule has 0 aromatic carbocycles. The van der Waals surface area contributed by atoms with Gasteiger partial charge in [-0.1, -0.05) is 0 Å². The molecule has 4 rings (SSSR count). The van der Waals surface area contributed by atoms with Gasteiger partial charge in [0.25, 0.3) is 5.91 Å². The van der Waals surface area contributed by atoms with E-state index >= 15 is 0 Å². The van der Waals surface area contributed by atoms with Crippen molar-refractivity contribution in [1.29, 1.82) is 0 Å². The summed E-state index contributed by atoms with van der Waals surface area (Å²) < 4.78 is 3.30. The highest BCUT2D eigenvalue weighted by Crippen LogP contribution is 2.22. The third kappa shape index (κ3) is 3.16. The van der Waals surface area contributed by atoms with Gasteiger partial charge in [-0.05, 0) is 37.6 Å². The normalized spacial score (nSPS) is 16.9. The topological polar surface area (TPSA) is 89.7 Å². The average molecular weight is 337 g/mol. The predicted octanol–water partition coefficient (Wildman–Crippen LogP) is 1.68. The van der Waals surface area contributed by atoms with Gasteiger partial charge < -0.3 is 10.6 Å². The Hall–Kier alpha value is -3.00. The number of pyridine rings is 1. The van der Waals surface area contributed by atoms with Crippen molar-refractivity contribution in [3.05, 3.63) is 54.2 Å². The van der Waals surface area contributed by atoms with Gasteiger partial charge >= 0.3 is 0 Å². The molecule has 3 aromatic rings. The molecule has 1 unspecified atom stereocenters. The molecular formula is C17H19N7O. The van der Waals surface area contributed by atoms with Crippen LogP contribution in [0.15, 0.2) is 42.9 Å². The molecule has 1 amide bonds. The molecule has 0 spiro atoms. The van der Waals surface area contributed by atoms with Crippen molar-refractivity contribution in [2.45, 2.75) is 18.9 Å². The standard InChI is InChI=1S/C17H19N7O/c1-23-15(11-14(21-23)13-3-2-7-19-13)17(25)20-16-6-10-24(22-16)12-4-8-18-9-5-12/h4-6,8-11,13,19H,2-3,7H2,1H3,(H,20,22,25). The van der Waals surface area contributed by atoms with Crippen LogP contribution >= 0.6 is 0 Å². The molecule has 8 heteroatoms. The Balaban J connectivity index is 1.50. The number of carbonyl (C=O) groups is 1. The first kappa shape index (κ1) is 15.5. The maximum absolute atomic E-state index is 12.6. The van der Waals surface area contributed by atoms with Crippen LogP contribution in [0.5, 0.6) is 0 Å². The van der Waals surface area contributed by atoms with Gasteiger partial charge in [0.2, 0.25) is 0 Å². The van der Waals surface area contributed by atoms with Crippen molar-refractivity contribution >= 4 is 11.7 Å². The predicted molar refractivity (Wildman–Crippen MR) is 92.5 cm³/mol. The maximum atomic E-state index is 12.6. The number of aryl methyl sites for hydroxylation is 1. The quantitative estimate of drug-likeness (QED) is 0.756. The van der Waals surface area contributed by atoms with Gasteiger partial charge in [0.15, 0.2) is 5.82 Å². The Labute approximate surface area is 144 Å². The van der Waals surface area contributed by atoms with Crippen LogP contribution in [0.3, 0.4) is 0 Å². The average Bonchev–Trinajstić information content (AvgIpc) is 3.35. The van der Waals surface area contributed by atoms with Gasteiger partial charge in [-0.15, -0.1) is 0 Å². The summed E-state index contributed by atoms with van der Waals surface area (Å²) in [7, 11) is 1.78. The molecular weight excluding hydrogens is 318 g/mol. The van der Waals surface area contributed by atoms with Crippen LogP contribution in [-0.4, -0.2) is 37.0 Å². The summed E-state index contributed by atoms with van der Waals surface area (Å²) in [5, 5.41) is 15.1. The fourth-order valence-electron chi connectivity index (χ4n) is 3.02. The molecule has 3 aromatic heterocycles. The molecule has 25 heavy (non-hydrogen) atoms. The van der Waals surface area contributed by atoms with Crippen LogP contribution < -0.4 is 10.6 Å². The number of hydrogen-bond donors (Lipinski definition) is 2. The minimum absolute atomic E-state index is 0.223. The summed E-state index contributed by atoms with van der Waals surface area (Å²) in [5.41, 5.74) is 2.31. The van der Waals surface area contributed by atoms with Gasteiger partial charge in [-0.2, -0.15) is 10.2 Å². The second-order valence-corrected chi connectivity index (χ2v) is 6.03. The lowest BCUT2D eigenvalue weighted by atomic mass is 10.1. The Morgan fingerprint density at radius 2 is 2.12 bits per heavy atom. The summed E-state index contributed by atoms with van der Waals surface area (Å²) in [4.78, 5) is 16.5. The highest BCUT2D eigenvalue weighted by molar-refractivity contribution is 6.02. The second-order valence-electron chi connectivity index (χ2n) is 6.03. The minimum atomic E-state index is -0.223. The van der Waals surface area contributed by atoms with Crippen LogP contribution in [0.4, 0.5) is 5.82 Å². The summed E-state index contributed by atoms with van der Waals surface area (Å²) in [6, 6.07) is 7.53. The summed E-state index contributed by atoms with van der Waals surface area (Å²) in [6.45, 7) is 0.995. The lowest BCUT2D eigenvalue weighted by Crippen LogP contribution is -2.16. The maximum Gasteiger partial charge on any atom is 0.275 e. The van der Waals surface area contributed by atoms with Crippen molar-refractivity contribution in [3.8, 4) is 5.69 Å². The third-order valence-electron chi connectivity index (χ3n) is 4.31. The summed E-state index contributed by atoms with van der Waals surface area (Å²) in [5.74, 6) is 0.266. The first-order valence-corrected chi connectivity index (χ1v) is 8.25. The van der Waals surface area contributed by atoms with Gasteiger partial charge in [0.1, 0.15) is 5.69 Å². The van der Waals surface area contributed by atoms with Gasteiger partial charge in [-0.3, -0.25) is 14.5 Å². The molecule has 1 aliphatic rings. The van der Waals surface area contributed by atoms with E-state index in [1.807, 2.05) is 18.2 Å². The smallest absolute Gasteiger partial charge is 0.275 e. The van der Waals surface area contributed by atoms with E-state index in [2.05, 4.69) is 25.8 Å². The Morgan fingerprint density at radius 1 is 1.28 bits per heavy atom. The SMILES string of the molecule is Cn1nc(C2CCCN2)cc1C(=O)Nc1ccn(-c2ccncc2)n1. The van der Waals surface area contributed by atoms with Crippen LogP contribution in [0.2, 0.25) is 0 Å². The lowest BCUT2D eigenvalue weighted by molar-refractivity contribution is 0.101. The highest BCUT2D eigenvalue weighted by atomic mass is 16.2. The van der Waals surface area contributed by atoms with E-state index in [0.717, 1.165) is 30.8 Å². The molecule has 8 nitrogen and oxygen atoms in total. The minimum Gasteiger partial charge on any atom is -0.309 e. The van der Waals surface area contributed by atoms with Crippen LogP contribution in [0, 0.1) is 0 Å². The van der Waals surface area contributed by atoms with Crippen LogP contribution in [0.25, 0.3) is 5.69 Å². The van der Waals surface area contributed by atoms with Crippen LogP contribution in [-0.2, 0) is 7.05 Å². The van der Waals surface area contributed by atoms with Gasteiger partial charge in [0, 0.05) is 31.7 Å². The summed E-state index contributed by atoms with van der Waals surface area (Å²) in [6.07, 6.45) is 7.37. The molecule has 1 atom stereocenters. The Morgan fingerprint density at radius 3 is 2.88 bits per heavy atom. The monoisotopic (exact) mass is 337 g/mol. The molecule has 0 saturated carbocycles. The van der Waals surface area contributed by atoms with Crippen molar-refractivity contribution < 1.29 is 4.79 Å². The Bertz CT molecular complexity index is 878. The van der Waals surface area contributed by atoms with Crippen LogP contribution in [0.1, 0.15) is 35.1 Å². The molecule has 4 heterocycles. The highest BCUT2D eigenvalue weighted by Gasteiger charge is 2.22. The van der Waals surface area contributed by atoms with E-state index < -0.39 is 0 Å². The van der Waals surface area contributed by atoms with Gasteiger partial charge in [0.05, 0.1) is 17.4 Å². The zero-order chi connectivity index (χ0) is 17.2. The zero-order valence-electron chi connectivity index (χ0n) is 13.9. The second kappa shape index (κ2) is 6.48. The number of nitrogens with one attached hydrogen (secondary N) is 2. The first-order valence-electron chi connectivity index (χ1n) is 8.25. The first-order chi connectivity index (χ1) is 12.2. The molecule has 128 valence electrons. The lowest BCUT2D eigenvalue weighted by Gasteiger charge is -2.04. The van der Waals surface area contributed by atoms with E-state index in [-0.39, 0.29) is 11.9 Å².